The molecular weight excluding hydrogens is 272 g/mol. The van der Waals surface area contributed by atoms with Crippen molar-refractivity contribution in [2.24, 2.45) is 0 Å². The third-order valence-corrected chi connectivity index (χ3v) is 3.63. The van der Waals surface area contributed by atoms with Crippen LogP contribution in [0.3, 0.4) is 0 Å². The number of hydrogen-bond acceptors (Lipinski definition) is 3. The Bertz CT molecular complexity index is 447. The van der Waals surface area contributed by atoms with E-state index in [9.17, 15) is 9.90 Å². The van der Waals surface area contributed by atoms with E-state index in [1.807, 2.05) is 6.92 Å². The number of aliphatic hydroxyl groups is 1. The minimum absolute atomic E-state index is 0.262. The molecule has 1 heterocycles. The summed E-state index contributed by atoms with van der Waals surface area (Å²) in [4.78, 5) is 15.6. The first-order valence-electron chi connectivity index (χ1n) is 5.18. The van der Waals surface area contributed by atoms with Gasteiger partial charge in [-0.25, -0.2) is 4.79 Å². The molecule has 0 aliphatic carbocycles. The van der Waals surface area contributed by atoms with Crippen molar-refractivity contribution >= 4 is 15.9 Å². The third kappa shape index (κ3) is 3.15. The Morgan fingerprint density at radius 1 is 1.44 bits per heavy atom. The van der Waals surface area contributed by atoms with Gasteiger partial charge in [0.05, 0.1) is 15.8 Å². The average Bonchev–Trinajstić information content (AvgIpc) is 2.12. The smallest absolute Gasteiger partial charge is 0.348 e. The molecule has 1 rings (SSSR count). The van der Waals surface area contributed by atoms with E-state index in [0.29, 0.717) is 18.7 Å². The van der Waals surface area contributed by atoms with Crippen molar-refractivity contribution in [2.75, 3.05) is 0 Å². The van der Waals surface area contributed by atoms with Gasteiger partial charge in [-0.3, -0.25) is 4.57 Å². The molecule has 0 aliphatic heterocycles. The van der Waals surface area contributed by atoms with Gasteiger partial charge < -0.3 is 5.11 Å². The van der Waals surface area contributed by atoms with Crippen LogP contribution in [-0.4, -0.2) is 20.3 Å². The molecule has 0 amide bonds. The van der Waals surface area contributed by atoms with E-state index in [-0.39, 0.29) is 5.69 Å². The second kappa shape index (κ2) is 4.67. The van der Waals surface area contributed by atoms with Gasteiger partial charge >= 0.3 is 5.69 Å². The van der Waals surface area contributed by atoms with Crippen molar-refractivity contribution in [1.29, 1.82) is 0 Å². The lowest BCUT2D eigenvalue weighted by Crippen LogP contribution is -2.30. The Kier molecular flexibility index (Phi) is 3.91. The molecule has 1 aromatic heterocycles. The van der Waals surface area contributed by atoms with Gasteiger partial charge in [-0.05, 0) is 50.0 Å². The summed E-state index contributed by atoms with van der Waals surface area (Å²) in [5, 5.41) is 9.64. The maximum atomic E-state index is 11.7. The zero-order chi connectivity index (χ0) is 12.5. The summed E-state index contributed by atoms with van der Waals surface area (Å²) in [6.07, 6.45) is 0.519. The highest BCUT2D eigenvalue weighted by Gasteiger charge is 2.15. The van der Waals surface area contributed by atoms with Crippen LogP contribution in [0.2, 0.25) is 0 Å². The van der Waals surface area contributed by atoms with Gasteiger partial charge in [-0.2, -0.15) is 4.98 Å². The zero-order valence-corrected chi connectivity index (χ0v) is 11.6. The molecule has 0 spiro atoms. The Balaban J connectivity index is 3.06. The Labute approximate surface area is 103 Å². The second-order valence-corrected chi connectivity index (χ2v) is 5.39. The summed E-state index contributed by atoms with van der Waals surface area (Å²) in [6, 6.07) is 0. The fourth-order valence-corrected chi connectivity index (χ4v) is 1.73. The van der Waals surface area contributed by atoms with E-state index < -0.39 is 5.60 Å². The van der Waals surface area contributed by atoms with E-state index in [4.69, 9.17) is 0 Å². The van der Waals surface area contributed by atoms with E-state index in [0.717, 1.165) is 10.2 Å². The minimum atomic E-state index is -0.775. The number of rotatable bonds is 3. The lowest BCUT2D eigenvalue weighted by molar-refractivity contribution is 0.0656. The van der Waals surface area contributed by atoms with E-state index in [2.05, 4.69) is 20.9 Å². The van der Waals surface area contributed by atoms with Crippen LogP contribution in [0, 0.1) is 13.8 Å². The highest BCUT2D eigenvalue weighted by atomic mass is 79.9. The molecule has 90 valence electrons. The standard InChI is InChI=1S/C11H17BrN2O2/c1-7-9(12)8(2)14(10(15)13-7)6-5-11(3,4)16/h16H,5-6H2,1-4H3. The van der Waals surface area contributed by atoms with Crippen molar-refractivity contribution in [3.63, 3.8) is 0 Å². The first-order valence-corrected chi connectivity index (χ1v) is 5.97. The van der Waals surface area contributed by atoms with Gasteiger partial charge in [0, 0.05) is 12.2 Å². The fraction of sp³-hybridized carbons (Fsp3) is 0.636. The Morgan fingerprint density at radius 3 is 2.50 bits per heavy atom. The fourth-order valence-electron chi connectivity index (χ4n) is 1.43. The summed E-state index contributed by atoms with van der Waals surface area (Å²) < 4.78 is 2.43. The lowest BCUT2D eigenvalue weighted by Gasteiger charge is -2.19. The molecule has 0 aliphatic rings. The highest BCUT2D eigenvalue weighted by molar-refractivity contribution is 9.10. The largest absolute Gasteiger partial charge is 0.390 e. The molecule has 0 saturated carbocycles. The summed E-state index contributed by atoms with van der Waals surface area (Å²) in [5.41, 5.74) is 0.509. The number of halogens is 1. The van der Waals surface area contributed by atoms with Crippen molar-refractivity contribution in [2.45, 2.75) is 46.3 Å². The molecule has 0 fully saturated rings. The molecule has 16 heavy (non-hydrogen) atoms. The summed E-state index contributed by atoms with van der Waals surface area (Å²) in [7, 11) is 0. The molecule has 4 nitrogen and oxygen atoms in total. The molecule has 1 N–H and O–H groups in total. The van der Waals surface area contributed by atoms with Crippen LogP contribution in [0.25, 0.3) is 0 Å². The van der Waals surface area contributed by atoms with Gasteiger partial charge in [0.15, 0.2) is 0 Å². The zero-order valence-electron chi connectivity index (χ0n) is 10.0. The summed E-state index contributed by atoms with van der Waals surface area (Å²) in [6.45, 7) is 7.58. The van der Waals surface area contributed by atoms with Gasteiger partial charge in [-0.15, -0.1) is 0 Å². The van der Waals surface area contributed by atoms with Crippen molar-refractivity contribution in [1.82, 2.24) is 9.55 Å². The number of aryl methyl sites for hydroxylation is 1. The Hall–Kier alpha value is -0.680. The highest BCUT2D eigenvalue weighted by Crippen LogP contribution is 2.18. The molecule has 5 heteroatoms. The van der Waals surface area contributed by atoms with Crippen LogP contribution < -0.4 is 5.69 Å². The van der Waals surface area contributed by atoms with Crippen LogP contribution in [-0.2, 0) is 6.54 Å². The van der Waals surface area contributed by atoms with Gasteiger partial charge in [0.2, 0.25) is 0 Å². The van der Waals surface area contributed by atoms with Crippen LogP contribution in [0.4, 0.5) is 0 Å². The maximum absolute atomic E-state index is 11.7. The molecule has 1 aromatic rings. The molecular formula is C11H17BrN2O2. The monoisotopic (exact) mass is 288 g/mol. The van der Waals surface area contributed by atoms with Crippen LogP contribution in [0.15, 0.2) is 9.27 Å². The first-order chi connectivity index (χ1) is 7.22. The van der Waals surface area contributed by atoms with E-state index >= 15 is 0 Å². The van der Waals surface area contributed by atoms with Gasteiger partial charge in [-0.1, -0.05) is 0 Å². The third-order valence-electron chi connectivity index (χ3n) is 2.48. The quantitative estimate of drug-likeness (QED) is 0.923. The van der Waals surface area contributed by atoms with E-state index in [1.165, 1.54) is 0 Å². The van der Waals surface area contributed by atoms with Crippen LogP contribution >= 0.6 is 15.9 Å². The van der Waals surface area contributed by atoms with Crippen LogP contribution in [0.1, 0.15) is 31.7 Å². The molecule has 0 unspecified atom stereocenters. The second-order valence-electron chi connectivity index (χ2n) is 4.59. The molecule has 0 saturated heterocycles. The number of hydrogen-bond donors (Lipinski definition) is 1. The molecule has 0 bridgehead atoms. The van der Waals surface area contributed by atoms with Crippen LogP contribution in [0.5, 0.6) is 0 Å². The normalized spacial score (nSPS) is 11.9. The summed E-state index contributed by atoms with van der Waals surface area (Å²) in [5.74, 6) is 0. The predicted octanol–water partition coefficient (Wildman–Crippen LogP) is 1.78. The van der Waals surface area contributed by atoms with E-state index in [1.54, 1.807) is 25.3 Å². The van der Waals surface area contributed by atoms with Crippen molar-refractivity contribution < 1.29 is 5.11 Å². The SMILES string of the molecule is Cc1nc(=O)n(CCC(C)(C)O)c(C)c1Br. The lowest BCUT2D eigenvalue weighted by atomic mass is 10.1. The number of aromatic nitrogens is 2. The summed E-state index contributed by atoms with van der Waals surface area (Å²) >= 11 is 3.40. The van der Waals surface area contributed by atoms with Gasteiger partial charge in [0.1, 0.15) is 0 Å². The predicted molar refractivity (Wildman–Crippen MR) is 66.6 cm³/mol. The molecule has 0 atom stereocenters. The molecule has 0 radical (unpaired) electrons. The van der Waals surface area contributed by atoms with Crippen molar-refractivity contribution in [3.8, 4) is 0 Å². The van der Waals surface area contributed by atoms with Crippen molar-refractivity contribution in [3.05, 3.63) is 26.3 Å². The average molecular weight is 289 g/mol. The topological polar surface area (TPSA) is 55.1 Å². The maximum Gasteiger partial charge on any atom is 0.348 e. The minimum Gasteiger partial charge on any atom is -0.390 e. The number of nitrogens with zero attached hydrogens (tertiary/aromatic N) is 2. The molecule has 0 aromatic carbocycles. The Morgan fingerprint density at radius 2 is 2.00 bits per heavy atom. The van der Waals surface area contributed by atoms with Gasteiger partial charge in [0.25, 0.3) is 0 Å². The first kappa shape index (κ1) is 13.4.